The minimum absolute atomic E-state index is 0.201. The SMILES string of the molecule is CCSc1ncc(CNCCCNCCO)cn1. The summed E-state index contributed by atoms with van der Waals surface area (Å²) in [5.41, 5.74) is 1.11. The first-order chi connectivity index (χ1) is 8.86. The van der Waals surface area contributed by atoms with Crippen molar-refractivity contribution in [1.29, 1.82) is 0 Å². The van der Waals surface area contributed by atoms with Crippen molar-refractivity contribution < 1.29 is 5.11 Å². The Labute approximate surface area is 113 Å². The average molecular weight is 270 g/mol. The van der Waals surface area contributed by atoms with Crippen molar-refractivity contribution in [2.24, 2.45) is 0 Å². The fourth-order valence-corrected chi connectivity index (χ4v) is 1.93. The molecular weight excluding hydrogens is 248 g/mol. The van der Waals surface area contributed by atoms with Crippen molar-refractivity contribution in [3.05, 3.63) is 18.0 Å². The zero-order chi connectivity index (χ0) is 13.1. The van der Waals surface area contributed by atoms with Crippen molar-refractivity contribution in [2.45, 2.75) is 25.0 Å². The topological polar surface area (TPSA) is 70.1 Å². The van der Waals surface area contributed by atoms with Crippen LogP contribution in [0.3, 0.4) is 0 Å². The van der Waals surface area contributed by atoms with Crippen LogP contribution in [0, 0.1) is 0 Å². The quantitative estimate of drug-likeness (QED) is 0.329. The lowest BCUT2D eigenvalue weighted by Gasteiger charge is -2.05. The normalized spacial score (nSPS) is 10.8. The molecule has 0 fully saturated rings. The zero-order valence-corrected chi connectivity index (χ0v) is 11.7. The molecule has 1 heterocycles. The molecule has 0 amide bonds. The number of aliphatic hydroxyl groups excluding tert-OH is 1. The highest BCUT2D eigenvalue weighted by Crippen LogP contribution is 2.10. The highest BCUT2D eigenvalue weighted by Gasteiger charge is 1.97. The van der Waals surface area contributed by atoms with Gasteiger partial charge < -0.3 is 15.7 Å². The third kappa shape index (κ3) is 6.90. The summed E-state index contributed by atoms with van der Waals surface area (Å²) in [6.07, 6.45) is 4.80. The molecule has 0 unspecified atom stereocenters. The second-order valence-corrected chi connectivity index (χ2v) is 5.04. The molecule has 5 nitrogen and oxygen atoms in total. The number of nitrogens with one attached hydrogen (secondary N) is 2. The van der Waals surface area contributed by atoms with Crippen molar-refractivity contribution in [3.63, 3.8) is 0 Å². The fourth-order valence-electron chi connectivity index (χ4n) is 1.41. The van der Waals surface area contributed by atoms with Gasteiger partial charge in [0.1, 0.15) is 0 Å². The van der Waals surface area contributed by atoms with Crippen LogP contribution in [0.25, 0.3) is 0 Å². The first-order valence-electron chi connectivity index (χ1n) is 6.32. The van der Waals surface area contributed by atoms with E-state index in [9.17, 15) is 0 Å². The highest BCUT2D eigenvalue weighted by molar-refractivity contribution is 7.99. The molecule has 0 aliphatic heterocycles. The van der Waals surface area contributed by atoms with Gasteiger partial charge >= 0.3 is 0 Å². The maximum atomic E-state index is 8.58. The Bertz CT molecular complexity index is 307. The molecule has 0 aliphatic rings. The summed E-state index contributed by atoms with van der Waals surface area (Å²) in [5.74, 6) is 0.998. The molecule has 1 rings (SSSR count). The molecule has 0 spiro atoms. The second kappa shape index (κ2) is 10.3. The molecule has 0 saturated heterocycles. The molecule has 6 heteroatoms. The molecule has 102 valence electrons. The average Bonchev–Trinajstić information content (AvgIpc) is 2.40. The molecule has 0 aromatic carbocycles. The van der Waals surface area contributed by atoms with Crippen LogP contribution in [0.15, 0.2) is 17.6 Å². The maximum Gasteiger partial charge on any atom is 0.187 e. The molecule has 0 saturated carbocycles. The lowest BCUT2D eigenvalue weighted by molar-refractivity contribution is 0.292. The summed E-state index contributed by atoms with van der Waals surface area (Å²) >= 11 is 1.65. The number of aliphatic hydroxyl groups is 1. The molecular formula is C12H22N4OS. The molecule has 0 atom stereocenters. The first-order valence-corrected chi connectivity index (χ1v) is 7.31. The van der Waals surface area contributed by atoms with E-state index in [0.717, 1.165) is 42.5 Å². The van der Waals surface area contributed by atoms with Crippen molar-refractivity contribution in [3.8, 4) is 0 Å². The van der Waals surface area contributed by atoms with E-state index in [-0.39, 0.29) is 6.61 Å². The van der Waals surface area contributed by atoms with Gasteiger partial charge in [0.2, 0.25) is 0 Å². The van der Waals surface area contributed by atoms with Gasteiger partial charge in [0.05, 0.1) is 6.61 Å². The summed E-state index contributed by atoms with van der Waals surface area (Å²) in [6.45, 7) is 5.64. The van der Waals surface area contributed by atoms with E-state index < -0.39 is 0 Å². The summed E-state index contributed by atoms with van der Waals surface area (Å²) in [4.78, 5) is 8.56. The molecule has 3 N–H and O–H groups in total. The van der Waals surface area contributed by atoms with Gasteiger partial charge in [-0.25, -0.2) is 9.97 Å². The number of rotatable bonds is 10. The second-order valence-electron chi connectivity index (χ2n) is 3.81. The van der Waals surface area contributed by atoms with Crippen LogP contribution < -0.4 is 10.6 Å². The smallest absolute Gasteiger partial charge is 0.187 e. The van der Waals surface area contributed by atoms with Gasteiger partial charge in [-0.2, -0.15) is 0 Å². The lowest BCUT2D eigenvalue weighted by atomic mass is 10.3. The van der Waals surface area contributed by atoms with E-state index in [0.29, 0.717) is 6.54 Å². The standard InChI is InChI=1S/C12H22N4OS/c1-2-18-12-15-9-11(10-16-12)8-14-5-3-4-13-6-7-17/h9-10,13-14,17H,2-8H2,1H3. The Balaban J connectivity index is 2.08. The predicted octanol–water partition coefficient (Wildman–Crippen LogP) is 0.650. The summed E-state index contributed by atoms with van der Waals surface area (Å²) in [5, 5.41) is 15.9. The number of thioether (sulfide) groups is 1. The van der Waals surface area contributed by atoms with Gasteiger partial charge in [-0.3, -0.25) is 0 Å². The third-order valence-electron chi connectivity index (χ3n) is 2.28. The number of hydrogen-bond acceptors (Lipinski definition) is 6. The van der Waals surface area contributed by atoms with Crippen molar-refractivity contribution in [2.75, 3.05) is 32.0 Å². The summed E-state index contributed by atoms with van der Waals surface area (Å²) < 4.78 is 0. The molecule has 0 radical (unpaired) electrons. The molecule has 1 aromatic heterocycles. The van der Waals surface area contributed by atoms with E-state index in [1.54, 1.807) is 11.8 Å². The molecule has 0 aliphatic carbocycles. The summed E-state index contributed by atoms with van der Waals surface area (Å²) in [7, 11) is 0. The van der Waals surface area contributed by atoms with Gasteiger partial charge in [-0.15, -0.1) is 0 Å². The van der Waals surface area contributed by atoms with E-state index in [1.807, 2.05) is 12.4 Å². The molecule has 0 bridgehead atoms. The largest absolute Gasteiger partial charge is 0.395 e. The Morgan fingerprint density at radius 1 is 1.17 bits per heavy atom. The molecule has 18 heavy (non-hydrogen) atoms. The Kier molecular flexibility index (Phi) is 8.75. The number of nitrogens with zero attached hydrogens (tertiary/aromatic N) is 2. The van der Waals surface area contributed by atoms with Crippen LogP contribution in [0.4, 0.5) is 0 Å². The minimum Gasteiger partial charge on any atom is -0.395 e. The lowest BCUT2D eigenvalue weighted by Crippen LogP contribution is -2.23. The van der Waals surface area contributed by atoms with Crippen molar-refractivity contribution in [1.82, 2.24) is 20.6 Å². The van der Waals surface area contributed by atoms with Crippen molar-refractivity contribution >= 4 is 11.8 Å². The third-order valence-corrected chi connectivity index (χ3v) is 3.04. The van der Waals surface area contributed by atoms with Crippen LogP contribution in [0.1, 0.15) is 18.9 Å². The van der Waals surface area contributed by atoms with Crippen LogP contribution >= 0.6 is 11.8 Å². The summed E-state index contributed by atoms with van der Waals surface area (Å²) in [6, 6.07) is 0. The van der Waals surface area contributed by atoms with E-state index in [4.69, 9.17) is 5.11 Å². The monoisotopic (exact) mass is 270 g/mol. The Morgan fingerprint density at radius 3 is 2.56 bits per heavy atom. The van der Waals surface area contributed by atoms with Crippen LogP contribution in [-0.4, -0.2) is 47.1 Å². The predicted molar refractivity (Wildman–Crippen MR) is 74.7 cm³/mol. The van der Waals surface area contributed by atoms with Crippen LogP contribution in [0.5, 0.6) is 0 Å². The minimum atomic E-state index is 0.201. The van der Waals surface area contributed by atoms with E-state index in [2.05, 4.69) is 27.5 Å². The Hall–Kier alpha value is -0.690. The van der Waals surface area contributed by atoms with Gasteiger partial charge in [-0.1, -0.05) is 18.7 Å². The van der Waals surface area contributed by atoms with Gasteiger partial charge in [0.25, 0.3) is 0 Å². The van der Waals surface area contributed by atoms with Gasteiger partial charge in [-0.05, 0) is 25.3 Å². The van der Waals surface area contributed by atoms with Crippen LogP contribution in [-0.2, 0) is 6.54 Å². The van der Waals surface area contributed by atoms with Gasteiger partial charge in [0.15, 0.2) is 5.16 Å². The van der Waals surface area contributed by atoms with E-state index >= 15 is 0 Å². The Morgan fingerprint density at radius 2 is 1.89 bits per heavy atom. The number of aromatic nitrogens is 2. The van der Waals surface area contributed by atoms with Gasteiger partial charge in [0, 0.05) is 31.0 Å². The fraction of sp³-hybridized carbons (Fsp3) is 0.667. The molecule has 1 aromatic rings. The van der Waals surface area contributed by atoms with E-state index in [1.165, 1.54) is 0 Å². The zero-order valence-electron chi connectivity index (χ0n) is 10.9. The number of hydrogen-bond donors (Lipinski definition) is 3. The van der Waals surface area contributed by atoms with Crippen LogP contribution in [0.2, 0.25) is 0 Å². The first kappa shape index (κ1) is 15.4. The maximum absolute atomic E-state index is 8.58. The highest BCUT2D eigenvalue weighted by atomic mass is 32.2.